The molecule has 0 radical (unpaired) electrons. The van der Waals surface area contributed by atoms with E-state index in [1.165, 1.54) is 0 Å². The van der Waals surface area contributed by atoms with Gasteiger partial charge in [-0.2, -0.15) is 5.10 Å². The molecule has 0 saturated carbocycles. The smallest absolute Gasteiger partial charge is 0.147 e. The van der Waals surface area contributed by atoms with E-state index < -0.39 is 0 Å². The molecular weight excluding hydrogens is 194 g/mol. The Bertz CT molecular complexity index is 315. The standard InChI is InChI=1S/C9H19N5O/c1-9(2,11)6-14-8(12-3-4-15)7(10)5-13-14/h5,12,15H,3-4,6,10-11H2,1-2H3. The Labute approximate surface area is 89.3 Å². The third kappa shape index (κ3) is 3.41. The lowest BCUT2D eigenvalue weighted by atomic mass is 10.1. The van der Waals surface area contributed by atoms with Crippen LogP contribution in [0.15, 0.2) is 6.20 Å². The van der Waals surface area contributed by atoms with Gasteiger partial charge in [-0.15, -0.1) is 0 Å². The van der Waals surface area contributed by atoms with Gasteiger partial charge >= 0.3 is 0 Å². The van der Waals surface area contributed by atoms with E-state index in [2.05, 4.69) is 10.4 Å². The number of rotatable bonds is 5. The van der Waals surface area contributed by atoms with Gasteiger partial charge < -0.3 is 21.9 Å². The fourth-order valence-corrected chi connectivity index (χ4v) is 1.27. The molecule has 0 aliphatic rings. The van der Waals surface area contributed by atoms with Crippen molar-refractivity contribution >= 4 is 11.5 Å². The second kappa shape index (κ2) is 4.50. The van der Waals surface area contributed by atoms with Crippen LogP contribution in [0.25, 0.3) is 0 Å². The second-order valence-electron chi connectivity index (χ2n) is 4.25. The lowest BCUT2D eigenvalue weighted by molar-refractivity contribution is 0.310. The number of nitrogens with two attached hydrogens (primary N) is 2. The maximum Gasteiger partial charge on any atom is 0.147 e. The van der Waals surface area contributed by atoms with Crippen molar-refractivity contribution in [1.82, 2.24) is 9.78 Å². The zero-order valence-electron chi connectivity index (χ0n) is 9.20. The van der Waals surface area contributed by atoms with Gasteiger partial charge in [0.05, 0.1) is 25.0 Å². The van der Waals surface area contributed by atoms with E-state index in [-0.39, 0.29) is 12.1 Å². The van der Waals surface area contributed by atoms with Crippen molar-refractivity contribution in [2.75, 3.05) is 24.2 Å². The van der Waals surface area contributed by atoms with Gasteiger partial charge in [-0.25, -0.2) is 4.68 Å². The van der Waals surface area contributed by atoms with Gasteiger partial charge in [-0.05, 0) is 13.8 Å². The van der Waals surface area contributed by atoms with Crippen molar-refractivity contribution in [3.05, 3.63) is 6.20 Å². The van der Waals surface area contributed by atoms with E-state index >= 15 is 0 Å². The van der Waals surface area contributed by atoms with Crippen LogP contribution in [0, 0.1) is 0 Å². The first-order valence-corrected chi connectivity index (χ1v) is 4.89. The molecule has 0 aromatic carbocycles. The van der Waals surface area contributed by atoms with Crippen molar-refractivity contribution in [1.29, 1.82) is 0 Å². The molecule has 0 saturated heterocycles. The summed E-state index contributed by atoms with van der Waals surface area (Å²) in [6.45, 7) is 4.90. The fraction of sp³-hybridized carbons (Fsp3) is 0.667. The number of hydrogen-bond donors (Lipinski definition) is 4. The summed E-state index contributed by atoms with van der Waals surface area (Å²) in [5.41, 5.74) is 11.8. The highest BCUT2D eigenvalue weighted by Crippen LogP contribution is 2.18. The molecule has 1 aromatic heterocycles. The Morgan fingerprint density at radius 1 is 1.60 bits per heavy atom. The summed E-state index contributed by atoms with van der Waals surface area (Å²) < 4.78 is 1.71. The quantitative estimate of drug-likeness (QED) is 0.533. The molecule has 0 aliphatic heterocycles. The molecule has 15 heavy (non-hydrogen) atoms. The molecule has 6 nitrogen and oxygen atoms in total. The number of aliphatic hydroxyl groups is 1. The maximum absolute atomic E-state index is 8.72. The van der Waals surface area contributed by atoms with Crippen LogP contribution < -0.4 is 16.8 Å². The number of hydrogen-bond acceptors (Lipinski definition) is 5. The number of nitrogen functional groups attached to an aromatic ring is 1. The topological polar surface area (TPSA) is 102 Å². The summed E-state index contributed by atoms with van der Waals surface area (Å²) in [4.78, 5) is 0. The monoisotopic (exact) mass is 213 g/mol. The molecule has 6 N–H and O–H groups in total. The molecule has 86 valence electrons. The van der Waals surface area contributed by atoms with Crippen LogP contribution in [-0.2, 0) is 6.54 Å². The molecule has 0 atom stereocenters. The Hall–Kier alpha value is -1.27. The lowest BCUT2D eigenvalue weighted by Crippen LogP contribution is -2.37. The highest BCUT2D eigenvalue weighted by atomic mass is 16.3. The summed E-state index contributed by atoms with van der Waals surface area (Å²) in [6.07, 6.45) is 1.57. The van der Waals surface area contributed by atoms with Gasteiger partial charge in [0, 0.05) is 12.1 Å². The molecule has 0 aliphatic carbocycles. The fourth-order valence-electron chi connectivity index (χ4n) is 1.27. The predicted molar refractivity (Wildman–Crippen MR) is 60.5 cm³/mol. The molecule has 0 bridgehead atoms. The minimum atomic E-state index is -0.353. The molecule has 1 rings (SSSR count). The van der Waals surface area contributed by atoms with Gasteiger partial charge in [-0.3, -0.25) is 0 Å². The molecule has 0 spiro atoms. The Morgan fingerprint density at radius 3 is 2.80 bits per heavy atom. The first kappa shape index (κ1) is 11.8. The third-order valence-electron chi connectivity index (χ3n) is 1.83. The SMILES string of the molecule is CC(C)(N)Cn1ncc(N)c1NCCO. The molecule has 1 aromatic rings. The van der Waals surface area contributed by atoms with E-state index in [9.17, 15) is 0 Å². The second-order valence-corrected chi connectivity index (χ2v) is 4.25. The van der Waals surface area contributed by atoms with E-state index in [0.717, 1.165) is 0 Å². The zero-order chi connectivity index (χ0) is 11.5. The van der Waals surface area contributed by atoms with Gasteiger partial charge in [0.15, 0.2) is 0 Å². The summed E-state index contributed by atoms with van der Waals surface area (Å²) >= 11 is 0. The van der Waals surface area contributed by atoms with Crippen LogP contribution in [0.1, 0.15) is 13.8 Å². The molecule has 0 fully saturated rings. The molecule has 0 unspecified atom stereocenters. The van der Waals surface area contributed by atoms with E-state index in [1.807, 2.05) is 13.8 Å². The Balaban J connectivity index is 2.79. The number of aliphatic hydroxyl groups excluding tert-OH is 1. The molecular formula is C9H19N5O. The Kier molecular flexibility index (Phi) is 3.54. The first-order valence-electron chi connectivity index (χ1n) is 4.89. The van der Waals surface area contributed by atoms with E-state index in [4.69, 9.17) is 16.6 Å². The first-order chi connectivity index (χ1) is 6.94. The molecule has 6 heteroatoms. The van der Waals surface area contributed by atoms with Crippen LogP contribution >= 0.6 is 0 Å². The van der Waals surface area contributed by atoms with Crippen LogP contribution in [0.4, 0.5) is 11.5 Å². The highest BCUT2D eigenvalue weighted by molar-refractivity contribution is 5.60. The minimum Gasteiger partial charge on any atom is -0.395 e. The van der Waals surface area contributed by atoms with Gasteiger partial charge in [0.2, 0.25) is 0 Å². The summed E-state index contributed by atoms with van der Waals surface area (Å²) in [6, 6.07) is 0. The van der Waals surface area contributed by atoms with Crippen molar-refractivity contribution in [3.63, 3.8) is 0 Å². The molecule has 1 heterocycles. The highest BCUT2D eigenvalue weighted by Gasteiger charge is 2.16. The number of anilines is 2. The average molecular weight is 213 g/mol. The van der Waals surface area contributed by atoms with E-state index in [0.29, 0.717) is 24.6 Å². The van der Waals surface area contributed by atoms with Gasteiger partial charge in [0.25, 0.3) is 0 Å². The largest absolute Gasteiger partial charge is 0.395 e. The third-order valence-corrected chi connectivity index (χ3v) is 1.83. The van der Waals surface area contributed by atoms with E-state index in [1.54, 1.807) is 10.9 Å². The number of aromatic nitrogens is 2. The van der Waals surface area contributed by atoms with Gasteiger partial charge in [0.1, 0.15) is 5.82 Å². The zero-order valence-corrected chi connectivity index (χ0v) is 9.20. The molecule has 0 amide bonds. The van der Waals surface area contributed by atoms with Crippen LogP contribution in [0.5, 0.6) is 0 Å². The summed E-state index contributed by atoms with van der Waals surface area (Å²) in [7, 11) is 0. The van der Waals surface area contributed by atoms with Crippen LogP contribution in [0.2, 0.25) is 0 Å². The van der Waals surface area contributed by atoms with Crippen molar-refractivity contribution in [3.8, 4) is 0 Å². The van der Waals surface area contributed by atoms with Crippen molar-refractivity contribution < 1.29 is 5.11 Å². The number of nitrogens with zero attached hydrogens (tertiary/aromatic N) is 2. The normalized spacial score (nSPS) is 11.7. The van der Waals surface area contributed by atoms with Gasteiger partial charge in [-0.1, -0.05) is 0 Å². The summed E-state index contributed by atoms with van der Waals surface area (Å²) in [5.74, 6) is 0.711. The lowest BCUT2D eigenvalue weighted by Gasteiger charge is -2.20. The predicted octanol–water partition coefficient (Wildman–Crippen LogP) is -0.393. The minimum absolute atomic E-state index is 0.0522. The van der Waals surface area contributed by atoms with Crippen LogP contribution in [-0.4, -0.2) is 33.6 Å². The Morgan fingerprint density at radius 2 is 2.27 bits per heavy atom. The number of nitrogens with one attached hydrogen (secondary N) is 1. The maximum atomic E-state index is 8.72. The average Bonchev–Trinajstić information content (AvgIpc) is 2.42. The van der Waals surface area contributed by atoms with Crippen molar-refractivity contribution in [2.24, 2.45) is 5.73 Å². The van der Waals surface area contributed by atoms with Crippen molar-refractivity contribution in [2.45, 2.75) is 25.9 Å². The van der Waals surface area contributed by atoms with Crippen LogP contribution in [0.3, 0.4) is 0 Å². The summed E-state index contributed by atoms with van der Waals surface area (Å²) in [5, 5.41) is 15.8.